The maximum Gasteiger partial charge on any atom is 0.234 e. The van der Waals surface area contributed by atoms with Crippen LogP contribution >= 0.6 is 11.3 Å². The smallest absolute Gasteiger partial charge is 0.234 e. The highest BCUT2D eigenvalue weighted by atomic mass is 32.1. The van der Waals surface area contributed by atoms with Gasteiger partial charge in [0, 0.05) is 24.6 Å². The average Bonchev–Trinajstić information content (AvgIpc) is 3.29. The molecule has 1 aliphatic heterocycles. The molecule has 0 aromatic carbocycles. The molecule has 1 saturated heterocycles. The van der Waals surface area contributed by atoms with E-state index in [-0.39, 0.29) is 12.0 Å². The third-order valence-electron chi connectivity index (χ3n) is 3.84. The monoisotopic (exact) mass is 334 g/mol. The van der Waals surface area contributed by atoms with Crippen molar-refractivity contribution < 1.29 is 13.9 Å². The fourth-order valence-corrected chi connectivity index (χ4v) is 3.45. The molecule has 1 amide bonds. The number of amides is 1. The fraction of sp³-hybridized carbons (Fsp3) is 0.471. The first-order valence-corrected chi connectivity index (χ1v) is 8.83. The summed E-state index contributed by atoms with van der Waals surface area (Å²) in [4.78, 5) is 15.6. The van der Waals surface area contributed by atoms with Crippen LogP contribution in [0.3, 0.4) is 0 Å². The van der Waals surface area contributed by atoms with Crippen molar-refractivity contribution in [1.29, 1.82) is 0 Å². The molecule has 1 N–H and O–H groups in total. The molecule has 3 rings (SSSR count). The predicted molar refractivity (Wildman–Crippen MR) is 89.1 cm³/mol. The topological polar surface area (TPSA) is 54.7 Å². The maximum absolute atomic E-state index is 12.2. The second-order valence-electron chi connectivity index (χ2n) is 5.74. The Kier molecular flexibility index (Phi) is 5.85. The van der Waals surface area contributed by atoms with Crippen LogP contribution in [-0.2, 0) is 22.6 Å². The zero-order valence-corrected chi connectivity index (χ0v) is 13.9. The van der Waals surface area contributed by atoms with Crippen molar-refractivity contribution >= 4 is 17.2 Å². The summed E-state index contributed by atoms with van der Waals surface area (Å²) < 4.78 is 11.0. The van der Waals surface area contributed by atoms with Gasteiger partial charge in [-0.1, -0.05) is 6.07 Å². The molecule has 0 saturated carbocycles. The first-order valence-electron chi connectivity index (χ1n) is 7.95. The normalized spacial score (nSPS) is 17.7. The summed E-state index contributed by atoms with van der Waals surface area (Å²) in [6, 6.07) is 7.93. The van der Waals surface area contributed by atoms with Crippen molar-refractivity contribution in [2.45, 2.75) is 32.0 Å². The lowest BCUT2D eigenvalue weighted by molar-refractivity contribution is -0.123. The molecule has 2 aromatic rings. The Morgan fingerprint density at radius 2 is 2.30 bits per heavy atom. The highest BCUT2D eigenvalue weighted by Crippen LogP contribution is 2.15. The quantitative estimate of drug-likeness (QED) is 0.806. The van der Waals surface area contributed by atoms with Gasteiger partial charge in [0.2, 0.25) is 5.91 Å². The molecule has 0 aliphatic carbocycles. The maximum atomic E-state index is 12.2. The molecule has 23 heavy (non-hydrogen) atoms. The Hall–Kier alpha value is -1.63. The van der Waals surface area contributed by atoms with Gasteiger partial charge >= 0.3 is 0 Å². The van der Waals surface area contributed by atoms with E-state index >= 15 is 0 Å². The summed E-state index contributed by atoms with van der Waals surface area (Å²) in [5, 5.41) is 5.03. The largest absolute Gasteiger partial charge is 0.468 e. The highest BCUT2D eigenvalue weighted by Gasteiger charge is 2.18. The third kappa shape index (κ3) is 5.20. The number of thiophene rings is 1. The minimum Gasteiger partial charge on any atom is -0.468 e. The molecule has 1 fully saturated rings. The Bertz CT molecular complexity index is 541. The second-order valence-corrected chi connectivity index (χ2v) is 6.78. The molecular formula is C17H22N2O3S. The lowest BCUT2D eigenvalue weighted by Gasteiger charge is -2.20. The molecule has 0 radical (unpaired) electrons. The number of nitrogens with zero attached hydrogens (tertiary/aromatic N) is 1. The molecule has 0 spiro atoms. The molecule has 0 unspecified atom stereocenters. The van der Waals surface area contributed by atoms with Crippen LogP contribution in [0.2, 0.25) is 0 Å². The average molecular weight is 334 g/mol. The van der Waals surface area contributed by atoms with Crippen LogP contribution in [0.15, 0.2) is 40.3 Å². The van der Waals surface area contributed by atoms with Gasteiger partial charge in [-0.3, -0.25) is 9.69 Å². The van der Waals surface area contributed by atoms with Gasteiger partial charge in [0.15, 0.2) is 0 Å². The lowest BCUT2D eigenvalue weighted by atomic mass is 10.2. The first-order chi connectivity index (χ1) is 11.3. The van der Waals surface area contributed by atoms with Gasteiger partial charge in [0.1, 0.15) is 5.76 Å². The Morgan fingerprint density at radius 1 is 1.35 bits per heavy atom. The van der Waals surface area contributed by atoms with E-state index in [1.54, 1.807) is 17.6 Å². The molecule has 124 valence electrons. The Balaban J connectivity index is 1.52. The van der Waals surface area contributed by atoms with Crippen LogP contribution in [0.25, 0.3) is 0 Å². The van der Waals surface area contributed by atoms with Crippen LogP contribution in [0.5, 0.6) is 0 Å². The molecule has 1 atom stereocenters. The van der Waals surface area contributed by atoms with Gasteiger partial charge in [0.25, 0.3) is 0 Å². The van der Waals surface area contributed by atoms with Crippen LogP contribution in [0.1, 0.15) is 23.5 Å². The SMILES string of the molecule is O=C(CN(Cc1ccco1)Cc1cccs1)NC[C@H]1CCCO1. The summed E-state index contributed by atoms with van der Waals surface area (Å²) in [6.45, 7) is 3.13. The number of ether oxygens (including phenoxy) is 1. The van der Waals surface area contributed by atoms with Crippen LogP contribution < -0.4 is 5.32 Å². The predicted octanol–water partition coefficient (Wildman–Crippen LogP) is 2.64. The van der Waals surface area contributed by atoms with E-state index in [1.165, 1.54) is 4.88 Å². The minimum absolute atomic E-state index is 0.0311. The van der Waals surface area contributed by atoms with Gasteiger partial charge in [-0.05, 0) is 36.4 Å². The fourth-order valence-electron chi connectivity index (χ4n) is 2.71. The summed E-state index contributed by atoms with van der Waals surface area (Å²) in [5.74, 6) is 0.900. The van der Waals surface area contributed by atoms with E-state index in [1.807, 2.05) is 18.2 Å². The van der Waals surface area contributed by atoms with Crippen molar-refractivity contribution in [3.8, 4) is 0 Å². The van der Waals surface area contributed by atoms with Gasteiger partial charge in [0.05, 0.1) is 25.5 Å². The lowest BCUT2D eigenvalue weighted by Crippen LogP contribution is -2.39. The van der Waals surface area contributed by atoms with E-state index in [0.29, 0.717) is 19.6 Å². The summed E-state index contributed by atoms with van der Waals surface area (Å²) in [6.07, 6.45) is 3.96. The summed E-state index contributed by atoms with van der Waals surface area (Å²) >= 11 is 1.70. The van der Waals surface area contributed by atoms with Crippen molar-refractivity contribution in [3.05, 3.63) is 46.5 Å². The van der Waals surface area contributed by atoms with Crippen molar-refractivity contribution in [2.75, 3.05) is 19.7 Å². The van der Waals surface area contributed by atoms with Gasteiger partial charge in [-0.25, -0.2) is 0 Å². The highest BCUT2D eigenvalue weighted by molar-refractivity contribution is 7.09. The van der Waals surface area contributed by atoms with Crippen LogP contribution in [0, 0.1) is 0 Å². The van der Waals surface area contributed by atoms with E-state index in [4.69, 9.17) is 9.15 Å². The van der Waals surface area contributed by atoms with E-state index in [2.05, 4.69) is 21.7 Å². The first kappa shape index (κ1) is 16.2. The molecule has 0 bridgehead atoms. The van der Waals surface area contributed by atoms with Crippen molar-refractivity contribution in [3.63, 3.8) is 0 Å². The Labute approximate surface area is 140 Å². The molecule has 3 heterocycles. The van der Waals surface area contributed by atoms with Crippen LogP contribution in [0.4, 0.5) is 0 Å². The van der Waals surface area contributed by atoms with Gasteiger partial charge in [-0.2, -0.15) is 0 Å². The minimum atomic E-state index is 0.0311. The summed E-state index contributed by atoms with van der Waals surface area (Å²) in [7, 11) is 0. The number of hydrogen-bond acceptors (Lipinski definition) is 5. The number of furan rings is 1. The van der Waals surface area contributed by atoms with Crippen molar-refractivity contribution in [2.24, 2.45) is 0 Å². The van der Waals surface area contributed by atoms with E-state index in [9.17, 15) is 4.79 Å². The number of nitrogens with one attached hydrogen (secondary N) is 1. The molecule has 5 nitrogen and oxygen atoms in total. The molecule has 2 aromatic heterocycles. The number of hydrogen-bond donors (Lipinski definition) is 1. The van der Waals surface area contributed by atoms with E-state index < -0.39 is 0 Å². The van der Waals surface area contributed by atoms with Gasteiger partial charge < -0.3 is 14.5 Å². The molecular weight excluding hydrogens is 312 g/mol. The van der Waals surface area contributed by atoms with Crippen molar-refractivity contribution in [1.82, 2.24) is 10.2 Å². The zero-order chi connectivity index (χ0) is 15.9. The third-order valence-corrected chi connectivity index (χ3v) is 4.70. The molecule has 6 heteroatoms. The van der Waals surface area contributed by atoms with E-state index in [0.717, 1.165) is 31.8 Å². The van der Waals surface area contributed by atoms with Gasteiger partial charge in [-0.15, -0.1) is 11.3 Å². The molecule has 1 aliphatic rings. The Morgan fingerprint density at radius 3 is 3.00 bits per heavy atom. The number of carbonyl (C=O) groups is 1. The second kappa shape index (κ2) is 8.29. The summed E-state index contributed by atoms with van der Waals surface area (Å²) in [5.41, 5.74) is 0. The number of carbonyl (C=O) groups excluding carboxylic acids is 1. The number of rotatable bonds is 8. The standard InChI is InChI=1S/C17H22N2O3S/c20-17(18-10-14-4-1-7-21-14)13-19(11-15-5-2-8-22-15)12-16-6-3-9-23-16/h2-3,5-6,8-9,14H,1,4,7,10-13H2,(H,18,20)/t14-/m1/s1. The van der Waals surface area contributed by atoms with Crippen LogP contribution in [-0.4, -0.2) is 36.6 Å². The zero-order valence-electron chi connectivity index (χ0n) is 13.1.